The number of anilines is 1. The van der Waals surface area contributed by atoms with Crippen LogP contribution in [0.5, 0.6) is 0 Å². The van der Waals surface area contributed by atoms with E-state index in [1.165, 1.54) is 0 Å². The third-order valence-corrected chi connectivity index (χ3v) is 2.30. The molecule has 1 N–H and O–H groups in total. The molecule has 2 rings (SSSR count). The van der Waals surface area contributed by atoms with Gasteiger partial charge in [-0.1, -0.05) is 23.3 Å². The molecule has 0 saturated carbocycles. The Hall–Kier alpha value is -2.59. The average molecular weight is 228 g/mol. The van der Waals surface area contributed by atoms with Gasteiger partial charge in [0.05, 0.1) is 11.3 Å². The molecule has 0 fully saturated rings. The van der Waals surface area contributed by atoms with Crippen molar-refractivity contribution in [2.45, 2.75) is 0 Å². The summed E-state index contributed by atoms with van der Waals surface area (Å²) in [5.41, 5.74) is 9.82. The number of hydrogen-bond acceptors (Lipinski definition) is 3. The third kappa shape index (κ3) is 2.16. The lowest BCUT2D eigenvalue weighted by Crippen LogP contribution is -2.12. The third-order valence-electron chi connectivity index (χ3n) is 2.30. The Morgan fingerprint density at radius 2 is 2.24 bits per heavy atom. The van der Waals surface area contributed by atoms with Gasteiger partial charge in [-0.05, 0) is 23.2 Å². The molecule has 1 aromatic carbocycles. The number of amides is 1. The first-order valence-electron chi connectivity index (χ1n) is 4.89. The second-order valence-corrected chi connectivity index (χ2v) is 3.40. The van der Waals surface area contributed by atoms with Crippen molar-refractivity contribution < 1.29 is 9.59 Å². The summed E-state index contributed by atoms with van der Waals surface area (Å²) in [7, 11) is 0. The first-order valence-corrected chi connectivity index (χ1v) is 4.89. The van der Waals surface area contributed by atoms with Crippen LogP contribution in [-0.2, 0) is 4.79 Å². The number of ketones is 1. The minimum atomic E-state index is -0.602. The highest BCUT2D eigenvalue weighted by atomic mass is 16.2. The number of carbonyl (C=O) groups excluding carboxylic acids is 2. The van der Waals surface area contributed by atoms with Gasteiger partial charge in [-0.3, -0.25) is 9.59 Å². The van der Waals surface area contributed by atoms with Crippen LogP contribution in [0.3, 0.4) is 0 Å². The number of carbonyl (C=O) groups is 2. The highest BCUT2D eigenvalue weighted by Gasteiger charge is 2.27. The summed E-state index contributed by atoms with van der Waals surface area (Å²) < 4.78 is 0. The van der Waals surface area contributed by atoms with Gasteiger partial charge >= 0.3 is 0 Å². The maximum atomic E-state index is 11.3. The molecule has 0 aliphatic carbocycles. The van der Waals surface area contributed by atoms with Crippen molar-refractivity contribution in [1.29, 1.82) is 0 Å². The zero-order valence-corrected chi connectivity index (χ0v) is 8.75. The molecule has 0 atom stereocenters. The van der Waals surface area contributed by atoms with Gasteiger partial charge in [-0.2, -0.15) is 0 Å². The Balaban J connectivity index is 2.21. The monoisotopic (exact) mass is 228 g/mol. The van der Waals surface area contributed by atoms with Crippen LogP contribution in [0.4, 0.5) is 5.69 Å². The van der Waals surface area contributed by atoms with Gasteiger partial charge in [0.2, 0.25) is 0 Å². The van der Waals surface area contributed by atoms with Crippen molar-refractivity contribution in [3.63, 3.8) is 0 Å². The lowest BCUT2D eigenvalue weighted by molar-refractivity contribution is -0.112. The Morgan fingerprint density at radius 3 is 3.00 bits per heavy atom. The Kier molecular flexibility index (Phi) is 2.89. The second-order valence-electron chi connectivity index (χ2n) is 3.40. The van der Waals surface area contributed by atoms with E-state index in [1.54, 1.807) is 30.4 Å². The van der Waals surface area contributed by atoms with Crippen LogP contribution >= 0.6 is 0 Å². The summed E-state index contributed by atoms with van der Waals surface area (Å²) >= 11 is 0. The molecule has 0 radical (unpaired) electrons. The minimum absolute atomic E-state index is 0.263. The zero-order valence-electron chi connectivity index (χ0n) is 8.75. The molecule has 0 spiro atoms. The number of Topliss-reactive ketones (excluding diaryl/α,β-unsaturated/α-hetero) is 1. The summed E-state index contributed by atoms with van der Waals surface area (Å²) in [5, 5.41) is 5.84. The van der Waals surface area contributed by atoms with Crippen molar-refractivity contribution in [2.24, 2.45) is 5.11 Å². The van der Waals surface area contributed by atoms with Crippen LogP contribution in [0, 0.1) is 0 Å². The molecular formula is C11H8N4O2. The van der Waals surface area contributed by atoms with Gasteiger partial charge in [-0.25, -0.2) is 0 Å². The highest BCUT2D eigenvalue weighted by Crippen LogP contribution is 2.24. The molecule has 1 aliphatic rings. The molecule has 1 aliphatic heterocycles. The van der Waals surface area contributed by atoms with Crippen LogP contribution in [0.1, 0.15) is 15.9 Å². The molecule has 0 bridgehead atoms. The predicted octanol–water partition coefficient (Wildman–Crippen LogP) is 2.14. The number of nitrogens with zero attached hydrogens (tertiary/aromatic N) is 3. The number of hydrogen-bond donors (Lipinski definition) is 1. The van der Waals surface area contributed by atoms with Crippen LogP contribution in [-0.4, -0.2) is 18.2 Å². The smallest absolute Gasteiger partial charge is 0.296 e. The van der Waals surface area contributed by atoms with E-state index in [2.05, 4.69) is 15.3 Å². The van der Waals surface area contributed by atoms with Crippen molar-refractivity contribution in [3.8, 4) is 0 Å². The fourth-order valence-electron chi connectivity index (χ4n) is 1.54. The molecular weight excluding hydrogens is 220 g/mol. The molecule has 6 nitrogen and oxygen atoms in total. The quantitative estimate of drug-likeness (QED) is 0.371. The molecule has 0 unspecified atom stereocenters. The Morgan fingerprint density at radius 1 is 1.41 bits per heavy atom. The zero-order chi connectivity index (χ0) is 12.3. The fraction of sp³-hybridized carbons (Fsp3) is 0.0909. The van der Waals surface area contributed by atoms with E-state index in [9.17, 15) is 9.59 Å². The Labute approximate surface area is 96.6 Å². The van der Waals surface area contributed by atoms with Crippen LogP contribution in [0.2, 0.25) is 0 Å². The summed E-state index contributed by atoms with van der Waals surface area (Å²) in [5.74, 6) is -1.11. The molecule has 0 aromatic heterocycles. The normalized spacial score (nSPS) is 13.4. The number of fused-ring (bicyclic) bond motifs is 1. The molecule has 84 valence electrons. The summed E-state index contributed by atoms with van der Waals surface area (Å²) in [4.78, 5) is 25.0. The summed E-state index contributed by atoms with van der Waals surface area (Å²) in [6, 6.07) is 5.02. The van der Waals surface area contributed by atoms with Crippen molar-refractivity contribution in [1.82, 2.24) is 0 Å². The number of benzene rings is 1. The van der Waals surface area contributed by atoms with E-state index < -0.39 is 11.7 Å². The van der Waals surface area contributed by atoms with Gasteiger partial charge in [0.15, 0.2) is 0 Å². The largest absolute Gasteiger partial charge is 0.318 e. The van der Waals surface area contributed by atoms with E-state index in [0.29, 0.717) is 11.3 Å². The first kappa shape index (κ1) is 10.9. The predicted molar refractivity (Wildman–Crippen MR) is 62.4 cm³/mol. The van der Waals surface area contributed by atoms with Crippen molar-refractivity contribution in [2.75, 3.05) is 11.9 Å². The standard InChI is InChI=1S/C11H8N4O2/c12-15-13-5-1-2-7-3-4-8-9(6-7)14-11(17)10(8)16/h1-4,6H,5H2,(H,14,16,17). The topological polar surface area (TPSA) is 94.9 Å². The molecule has 1 amide bonds. The maximum absolute atomic E-state index is 11.3. The molecule has 0 saturated heterocycles. The van der Waals surface area contributed by atoms with Crippen molar-refractivity contribution in [3.05, 3.63) is 45.8 Å². The highest BCUT2D eigenvalue weighted by molar-refractivity contribution is 6.51. The fourth-order valence-corrected chi connectivity index (χ4v) is 1.54. The van der Waals surface area contributed by atoms with Gasteiger partial charge in [0.25, 0.3) is 11.7 Å². The Bertz CT molecular complexity index is 571. The van der Waals surface area contributed by atoms with Crippen molar-refractivity contribution >= 4 is 23.5 Å². The van der Waals surface area contributed by atoms with E-state index in [-0.39, 0.29) is 6.54 Å². The molecule has 17 heavy (non-hydrogen) atoms. The van der Waals surface area contributed by atoms with E-state index in [0.717, 1.165) is 5.56 Å². The van der Waals surface area contributed by atoms with E-state index >= 15 is 0 Å². The summed E-state index contributed by atoms with van der Waals surface area (Å²) in [6.07, 6.45) is 3.45. The van der Waals surface area contributed by atoms with Crippen LogP contribution < -0.4 is 5.32 Å². The van der Waals surface area contributed by atoms with Crippen LogP contribution in [0.25, 0.3) is 16.5 Å². The SMILES string of the molecule is [N-]=[N+]=NCC=Cc1ccc2c(c1)NC(=O)C2=O. The van der Waals surface area contributed by atoms with Gasteiger partial charge in [-0.15, -0.1) is 0 Å². The second kappa shape index (κ2) is 4.51. The molecule has 1 aromatic rings. The summed E-state index contributed by atoms with van der Waals surface area (Å²) in [6.45, 7) is 0.263. The minimum Gasteiger partial charge on any atom is -0.318 e. The number of rotatable bonds is 3. The molecule has 6 heteroatoms. The van der Waals surface area contributed by atoms with E-state index in [4.69, 9.17) is 5.53 Å². The van der Waals surface area contributed by atoms with Gasteiger partial charge in [0, 0.05) is 11.5 Å². The first-order chi connectivity index (χ1) is 8.22. The van der Waals surface area contributed by atoms with E-state index in [1.807, 2.05) is 0 Å². The number of azide groups is 1. The lowest BCUT2D eigenvalue weighted by atomic mass is 10.1. The van der Waals surface area contributed by atoms with Gasteiger partial charge in [0.1, 0.15) is 0 Å². The van der Waals surface area contributed by atoms with Crippen LogP contribution in [0.15, 0.2) is 29.4 Å². The maximum Gasteiger partial charge on any atom is 0.296 e. The number of nitrogens with one attached hydrogen (secondary N) is 1. The lowest BCUT2D eigenvalue weighted by Gasteiger charge is -1.98. The average Bonchev–Trinajstić information content (AvgIpc) is 2.61. The molecule has 1 heterocycles. The van der Waals surface area contributed by atoms with Gasteiger partial charge < -0.3 is 5.32 Å².